The topological polar surface area (TPSA) is 97.2 Å². The van der Waals surface area contributed by atoms with Gasteiger partial charge in [-0.15, -0.1) is 10.2 Å². The molecule has 0 saturated carbocycles. The van der Waals surface area contributed by atoms with Crippen LogP contribution in [0, 0.1) is 5.92 Å². The van der Waals surface area contributed by atoms with Gasteiger partial charge in [-0.3, -0.25) is 0 Å². The highest BCUT2D eigenvalue weighted by atomic mass is 16.3. The summed E-state index contributed by atoms with van der Waals surface area (Å²) in [6.45, 7) is 1.41. The van der Waals surface area contributed by atoms with E-state index < -0.39 is 0 Å². The maximum absolute atomic E-state index is 9.92. The minimum absolute atomic E-state index is 0.00470. The Morgan fingerprint density at radius 1 is 1.32 bits per heavy atom. The van der Waals surface area contributed by atoms with E-state index in [1.165, 1.54) is 12.1 Å². The first-order valence-electron chi connectivity index (χ1n) is 6.33. The largest absolute Gasteiger partial charge is 0.508 e. The van der Waals surface area contributed by atoms with Gasteiger partial charge in [0.2, 0.25) is 0 Å². The summed E-state index contributed by atoms with van der Waals surface area (Å²) >= 11 is 0. The minimum Gasteiger partial charge on any atom is -0.508 e. The van der Waals surface area contributed by atoms with Crippen molar-refractivity contribution in [3.05, 3.63) is 24.0 Å². The second-order valence-electron chi connectivity index (χ2n) is 4.89. The van der Waals surface area contributed by atoms with Crippen molar-refractivity contribution in [1.29, 1.82) is 0 Å². The zero-order valence-electron chi connectivity index (χ0n) is 10.5. The zero-order valence-corrected chi connectivity index (χ0v) is 10.5. The minimum atomic E-state index is 0.00470. The molecule has 0 bridgehead atoms. The number of fused-ring (bicyclic) bond motifs is 1. The number of phenolic OH excluding ortho intramolecular Hbond substituents is 2. The van der Waals surface area contributed by atoms with Gasteiger partial charge in [-0.25, -0.2) is 0 Å². The van der Waals surface area contributed by atoms with E-state index in [4.69, 9.17) is 5.73 Å². The summed E-state index contributed by atoms with van der Waals surface area (Å²) < 4.78 is 2.01. The van der Waals surface area contributed by atoms with Crippen molar-refractivity contribution in [3.8, 4) is 22.9 Å². The van der Waals surface area contributed by atoms with Gasteiger partial charge < -0.3 is 20.5 Å². The van der Waals surface area contributed by atoms with Gasteiger partial charge in [0.05, 0.1) is 5.56 Å². The van der Waals surface area contributed by atoms with E-state index in [1.54, 1.807) is 6.07 Å². The van der Waals surface area contributed by atoms with Crippen LogP contribution in [0.4, 0.5) is 0 Å². The summed E-state index contributed by atoms with van der Waals surface area (Å²) in [7, 11) is 0. The normalized spacial score (nSPS) is 18.3. The predicted molar refractivity (Wildman–Crippen MR) is 69.7 cm³/mol. The van der Waals surface area contributed by atoms with Gasteiger partial charge in [0, 0.05) is 19.0 Å². The van der Waals surface area contributed by atoms with Gasteiger partial charge in [0.1, 0.15) is 17.3 Å². The van der Waals surface area contributed by atoms with E-state index in [0.29, 0.717) is 23.9 Å². The van der Waals surface area contributed by atoms with Crippen molar-refractivity contribution >= 4 is 0 Å². The molecule has 0 spiro atoms. The second kappa shape index (κ2) is 4.55. The average molecular weight is 260 g/mol. The first-order chi connectivity index (χ1) is 9.19. The molecule has 4 N–H and O–H groups in total. The van der Waals surface area contributed by atoms with Gasteiger partial charge in [0.15, 0.2) is 5.82 Å². The summed E-state index contributed by atoms with van der Waals surface area (Å²) in [6, 6.07) is 4.48. The van der Waals surface area contributed by atoms with Crippen molar-refractivity contribution in [3.63, 3.8) is 0 Å². The van der Waals surface area contributed by atoms with Crippen molar-refractivity contribution in [2.75, 3.05) is 6.54 Å². The summed E-state index contributed by atoms with van der Waals surface area (Å²) in [5.41, 5.74) is 6.31. The number of aromatic nitrogens is 3. The SMILES string of the molecule is NCC1CCc2nnc(-c3ccc(O)cc3O)n2C1. The van der Waals surface area contributed by atoms with Gasteiger partial charge in [-0.05, 0) is 31.0 Å². The summed E-state index contributed by atoms with van der Waals surface area (Å²) in [6.07, 6.45) is 1.88. The maximum Gasteiger partial charge on any atom is 0.167 e. The van der Waals surface area contributed by atoms with Crippen LogP contribution in [0.2, 0.25) is 0 Å². The lowest BCUT2D eigenvalue weighted by molar-refractivity contribution is 0.375. The van der Waals surface area contributed by atoms with Crippen LogP contribution in [0.5, 0.6) is 11.5 Å². The number of nitrogens with zero attached hydrogens (tertiary/aromatic N) is 3. The molecular formula is C13H16N4O2. The fraction of sp³-hybridized carbons (Fsp3) is 0.385. The van der Waals surface area contributed by atoms with E-state index in [9.17, 15) is 10.2 Å². The van der Waals surface area contributed by atoms with Crippen LogP contribution >= 0.6 is 0 Å². The smallest absolute Gasteiger partial charge is 0.167 e. The molecule has 1 aliphatic heterocycles. The van der Waals surface area contributed by atoms with E-state index in [0.717, 1.165) is 25.2 Å². The lowest BCUT2D eigenvalue weighted by Gasteiger charge is -2.23. The molecule has 1 aromatic heterocycles. The Morgan fingerprint density at radius 3 is 2.89 bits per heavy atom. The molecule has 0 fully saturated rings. The number of hydrogen-bond donors (Lipinski definition) is 3. The average Bonchev–Trinajstić information content (AvgIpc) is 2.81. The maximum atomic E-state index is 9.92. The second-order valence-corrected chi connectivity index (χ2v) is 4.89. The molecule has 3 rings (SSSR count). The standard InChI is InChI=1S/C13H16N4O2/c14-6-8-1-4-12-15-16-13(17(12)7-8)10-3-2-9(18)5-11(10)19/h2-3,5,8,18-19H,1,4,6-7,14H2. The van der Waals surface area contributed by atoms with Gasteiger partial charge in [-0.1, -0.05) is 0 Å². The summed E-state index contributed by atoms with van der Waals surface area (Å²) in [5.74, 6) is 2.00. The number of hydrogen-bond acceptors (Lipinski definition) is 5. The third-order valence-corrected chi connectivity index (χ3v) is 3.60. The Morgan fingerprint density at radius 2 is 2.16 bits per heavy atom. The number of nitrogens with two attached hydrogens (primary N) is 1. The van der Waals surface area contributed by atoms with E-state index in [2.05, 4.69) is 10.2 Å². The Bertz CT molecular complexity index is 609. The monoisotopic (exact) mass is 260 g/mol. The molecule has 2 heterocycles. The van der Waals surface area contributed by atoms with Gasteiger partial charge >= 0.3 is 0 Å². The Kier molecular flexibility index (Phi) is 2.87. The molecule has 0 saturated heterocycles. The van der Waals surface area contributed by atoms with Crippen LogP contribution in [0.25, 0.3) is 11.4 Å². The molecular weight excluding hydrogens is 244 g/mol. The lowest BCUT2D eigenvalue weighted by atomic mass is 9.99. The number of aryl methyl sites for hydroxylation is 1. The molecule has 6 nitrogen and oxygen atoms in total. The molecule has 2 aromatic rings. The summed E-state index contributed by atoms with van der Waals surface area (Å²) in [4.78, 5) is 0. The van der Waals surface area contributed by atoms with Crippen molar-refractivity contribution in [2.45, 2.75) is 19.4 Å². The first kappa shape index (κ1) is 12.0. The molecule has 1 aliphatic rings. The van der Waals surface area contributed by atoms with E-state index in [1.807, 2.05) is 4.57 Å². The first-order valence-corrected chi connectivity index (χ1v) is 6.33. The fourth-order valence-electron chi connectivity index (χ4n) is 2.50. The predicted octanol–water partition coefficient (Wildman–Crippen LogP) is 0.877. The fourth-order valence-corrected chi connectivity index (χ4v) is 2.50. The molecule has 100 valence electrons. The highest BCUT2D eigenvalue weighted by molar-refractivity contribution is 5.65. The van der Waals surface area contributed by atoms with E-state index in [-0.39, 0.29) is 11.5 Å². The molecule has 1 atom stereocenters. The molecule has 0 aliphatic carbocycles. The molecule has 6 heteroatoms. The molecule has 1 unspecified atom stereocenters. The molecule has 0 radical (unpaired) electrons. The molecule has 1 aromatic carbocycles. The van der Waals surface area contributed by atoms with Crippen LogP contribution < -0.4 is 5.73 Å². The number of aromatic hydroxyl groups is 2. The van der Waals surface area contributed by atoms with Crippen molar-refractivity contribution in [1.82, 2.24) is 14.8 Å². The van der Waals surface area contributed by atoms with Crippen LogP contribution in [0.1, 0.15) is 12.2 Å². The highest BCUT2D eigenvalue weighted by Crippen LogP contribution is 2.33. The van der Waals surface area contributed by atoms with Crippen molar-refractivity contribution < 1.29 is 10.2 Å². The molecule has 0 amide bonds. The highest BCUT2D eigenvalue weighted by Gasteiger charge is 2.23. The van der Waals surface area contributed by atoms with Gasteiger partial charge in [-0.2, -0.15) is 0 Å². The number of phenols is 2. The lowest BCUT2D eigenvalue weighted by Crippen LogP contribution is -2.26. The zero-order chi connectivity index (χ0) is 13.4. The summed E-state index contributed by atoms with van der Waals surface area (Å²) in [5, 5.41) is 27.6. The van der Waals surface area contributed by atoms with Crippen LogP contribution in [-0.4, -0.2) is 31.5 Å². The Labute approximate surface area is 110 Å². The van der Waals surface area contributed by atoms with Crippen LogP contribution in [0.15, 0.2) is 18.2 Å². The third-order valence-electron chi connectivity index (χ3n) is 3.60. The third kappa shape index (κ3) is 2.04. The van der Waals surface area contributed by atoms with Crippen molar-refractivity contribution in [2.24, 2.45) is 11.7 Å². The van der Waals surface area contributed by atoms with Gasteiger partial charge in [0.25, 0.3) is 0 Å². The van der Waals surface area contributed by atoms with Crippen LogP contribution in [0.3, 0.4) is 0 Å². The number of rotatable bonds is 2. The van der Waals surface area contributed by atoms with E-state index >= 15 is 0 Å². The Balaban J connectivity index is 2.05. The van der Waals surface area contributed by atoms with Crippen LogP contribution in [-0.2, 0) is 13.0 Å². The quantitative estimate of drug-likeness (QED) is 0.744. The Hall–Kier alpha value is -2.08. The molecule has 19 heavy (non-hydrogen) atoms. The number of benzene rings is 1.